The second kappa shape index (κ2) is 13.8. The van der Waals surface area contributed by atoms with E-state index in [-0.39, 0.29) is 24.0 Å². The molecule has 2 aromatic rings. The SMILES string of the molecule is COC(=O)CNP(=O)(OC[C@H]1O[C@@H](n2cc(C)c(=O)[nH]c2=O)C[C@@H]1N=[N+]=[N-])O[C@H]1C[C@H](n2cc(C)c(=O)[nH]c2=O)O[C@@H]1CO. The normalized spacial score (nSPS) is 26.2. The van der Waals surface area contributed by atoms with E-state index in [0.717, 1.165) is 16.2 Å². The largest absolute Gasteiger partial charge is 0.468 e. The molecule has 44 heavy (non-hydrogen) atoms. The number of ether oxygens (including phenoxy) is 3. The monoisotopic (exact) mass is 642 g/mol. The third-order valence-electron chi connectivity index (χ3n) is 7.00. The number of aromatic nitrogens is 4. The summed E-state index contributed by atoms with van der Waals surface area (Å²) in [6.07, 6.45) is -2.88. The molecule has 1 unspecified atom stereocenters. The number of hydrogen-bond acceptors (Lipinski definition) is 13. The van der Waals surface area contributed by atoms with Crippen LogP contribution in [0.15, 0.2) is 36.7 Å². The number of aliphatic hydroxyl groups is 1. The molecule has 0 spiro atoms. The van der Waals surface area contributed by atoms with E-state index in [2.05, 4.69) is 29.8 Å². The summed E-state index contributed by atoms with van der Waals surface area (Å²) in [6.45, 7) is 1.21. The van der Waals surface area contributed by atoms with E-state index in [9.17, 15) is 33.6 Å². The van der Waals surface area contributed by atoms with Crippen LogP contribution in [0, 0.1) is 13.8 Å². The van der Waals surface area contributed by atoms with E-state index < -0.39 is 92.8 Å². The number of esters is 1. The molecule has 2 aromatic heterocycles. The number of rotatable bonds is 12. The van der Waals surface area contributed by atoms with Crippen LogP contribution in [0.25, 0.3) is 10.4 Å². The van der Waals surface area contributed by atoms with Crippen molar-refractivity contribution in [1.29, 1.82) is 0 Å². The zero-order chi connectivity index (χ0) is 32.2. The number of carbonyl (C=O) groups is 1. The highest BCUT2D eigenvalue weighted by Crippen LogP contribution is 2.49. The lowest BCUT2D eigenvalue weighted by molar-refractivity contribution is -0.139. The lowest BCUT2D eigenvalue weighted by Crippen LogP contribution is -2.34. The zero-order valence-corrected chi connectivity index (χ0v) is 24.7. The van der Waals surface area contributed by atoms with Gasteiger partial charge < -0.3 is 19.3 Å². The molecule has 0 bridgehead atoms. The van der Waals surface area contributed by atoms with E-state index in [1.165, 1.54) is 26.2 Å². The molecule has 0 aliphatic carbocycles. The maximum Gasteiger partial charge on any atom is 0.406 e. The van der Waals surface area contributed by atoms with Gasteiger partial charge in [0.25, 0.3) is 11.1 Å². The zero-order valence-electron chi connectivity index (χ0n) is 23.8. The maximum atomic E-state index is 13.9. The van der Waals surface area contributed by atoms with Crippen molar-refractivity contribution in [3.8, 4) is 0 Å². The number of aliphatic hydroxyl groups excluding tert-OH is 1. The van der Waals surface area contributed by atoms with E-state index >= 15 is 0 Å². The van der Waals surface area contributed by atoms with Crippen LogP contribution in [-0.2, 0) is 32.6 Å². The lowest BCUT2D eigenvalue weighted by Gasteiger charge is -2.26. The Morgan fingerprint density at radius 3 is 2.20 bits per heavy atom. The Morgan fingerprint density at radius 1 is 1.09 bits per heavy atom. The number of aromatic amines is 2. The van der Waals surface area contributed by atoms with Crippen LogP contribution >= 0.6 is 7.75 Å². The lowest BCUT2D eigenvalue weighted by atomic mass is 10.1. The summed E-state index contributed by atoms with van der Waals surface area (Å²) in [5.74, 6) is -0.816. The molecule has 21 heteroatoms. The third-order valence-corrected chi connectivity index (χ3v) is 8.59. The Morgan fingerprint density at radius 2 is 1.66 bits per heavy atom. The van der Waals surface area contributed by atoms with E-state index in [4.69, 9.17) is 24.1 Å². The molecule has 0 aromatic carbocycles. The molecule has 2 fully saturated rings. The van der Waals surface area contributed by atoms with Crippen molar-refractivity contribution in [3.63, 3.8) is 0 Å². The van der Waals surface area contributed by atoms with Gasteiger partial charge in [0.2, 0.25) is 0 Å². The summed E-state index contributed by atoms with van der Waals surface area (Å²) >= 11 is 0. The summed E-state index contributed by atoms with van der Waals surface area (Å²) in [6, 6.07) is -0.905. The second-order valence-corrected chi connectivity index (χ2v) is 11.8. The van der Waals surface area contributed by atoms with Gasteiger partial charge in [-0.25, -0.2) is 19.2 Å². The van der Waals surface area contributed by atoms with Crippen molar-refractivity contribution in [2.24, 2.45) is 5.11 Å². The Balaban J connectivity index is 1.54. The first kappa shape index (κ1) is 33.0. The Labute approximate surface area is 247 Å². The number of nitrogens with one attached hydrogen (secondary N) is 3. The molecule has 240 valence electrons. The summed E-state index contributed by atoms with van der Waals surface area (Å²) in [7, 11) is -3.36. The van der Waals surface area contributed by atoms with Crippen molar-refractivity contribution < 1.29 is 37.7 Å². The van der Waals surface area contributed by atoms with Crippen LogP contribution in [0.1, 0.15) is 36.4 Å². The van der Waals surface area contributed by atoms with Crippen LogP contribution in [0.3, 0.4) is 0 Å². The fourth-order valence-electron chi connectivity index (χ4n) is 4.67. The molecule has 2 aliphatic rings. The third kappa shape index (κ3) is 7.43. The van der Waals surface area contributed by atoms with Gasteiger partial charge in [-0.3, -0.25) is 42.5 Å². The first-order valence-electron chi connectivity index (χ1n) is 13.2. The molecule has 0 radical (unpaired) electrons. The van der Waals surface area contributed by atoms with Gasteiger partial charge in [-0.2, -0.15) is 0 Å². The second-order valence-electron chi connectivity index (χ2n) is 9.99. The van der Waals surface area contributed by atoms with Crippen LogP contribution in [-0.4, -0.2) is 81.4 Å². The highest BCUT2D eigenvalue weighted by molar-refractivity contribution is 7.51. The van der Waals surface area contributed by atoms with Gasteiger partial charge in [-0.05, 0) is 19.4 Å². The van der Waals surface area contributed by atoms with E-state index in [0.29, 0.717) is 0 Å². The van der Waals surface area contributed by atoms with Crippen molar-refractivity contribution in [2.75, 3.05) is 26.9 Å². The predicted molar refractivity (Wildman–Crippen MR) is 148 cm³/mol. The van der Waals surface area contributed by atoms with Crippen molar-refractivity contribution in [2.45, 2.75) is 63.5 Å². The average Bonchev–Trinajstić information content (AvgIpc) is 3.58. The van der Waals surface area contributed by atoms with E-state index in [1.807, 2.05) is 0 Å². The van der Waals surface area contributed by atoms with Crippen LogP contribution in [0.2, 0.25) is 0 Å². The molecular formula is C23H31N8O12P. The van der Waals surface area contributed by atoms with Gasteiger partial charge in [0, 0.05) is 41.3 Å². The molecular weight excluding hydrogens is 611 g/mol. The Hall–Kier alpha value is -3.87. The average molecular weight is 643 g/mol. The molecule has 2 aliphatic heterocycles. The standard InChI is InChI=1S/C23H31N8O12P/c1-11-7-30(22(36)26-20(11)34)17-4-13(28-29-24)16(42-17)10-40-44(38,25-6-19(33)39-3)43-14-5-18(41-15(14)9-32)31-8-12(2)21(35)27-23(31)37/h7-8,13-18,32H,4-6,9-10H2,1-3H3,(H,25,38)(H,26,34,36)(H,27,35,37)/t13-,14-,15+,16+,17+,18+,44?/m0/s1. The van der Waals surface area contributed by atoms with Gasteiger partial charge in [-0.1, -0.05) is 5.11 Å². The number of H-pyrrole nitrogens is 2. The quantitative estimate of drug-likeness (QED) is 0.0728. The van der Waals surface area contributed by atoms with Gasteiger partial charge in [0.1, 0.15) is 31.2 Å². The van der Waals surface area contributed by atoms with Crippen molar-refractivity contribution in [3.05, 3.63) is 75.6 Å². The molecule has 4 rings (SSSR count). The highest BCUT2D eigenvalue weighted by atomic mass is 31.2. The number of aryl methyl sites for hydroxylation is 2. The fraction of sp³-hybridized carbons (Fsp3) is 0.609. The minimum Gasteiger partial charge on any atom is -0.468 e. The van der Waals surface area contributed by atoms with Crippen molar-refractivity contribution >= 4 is 13.7 Å². The summed E-state index contributed by atoms with van der Waals surface area (Å²) < 4.78 is 43.6. The fourth-order valence-corrected chi connectivity index (χ4v) is 6.14. The minimum atomic E-state index is -4.46. The Kier molecular flexibility index (Phi) is 10.4. The first-order chi connectivity index (χ1) is 20.9. The number of nitrogens with zero attached hydrogens (tertiary/aromatic N) is 5. The number of carbonyl (C=O) groups excluding carboxylic acids is 1. The summed E-state index contributed by atoms with van der Waals surface area (Å²) in [5.41, 5.74) is 6.82. The minimum absolute atomic E-state index is 0.00227. The van der Waals surface area contributed by atoms with Gasteiger partial charge >= 0.3 is 25.1 Å². The van der Waals surface area contributed by atoms with Crippen LogP contribution < -0.4 is 27.6 Å². The van der Waals surface area contributed by atoms with Crippen LogP contribution in [0.5, 0.6) is 0 Å². The van der Waals surface area contributed by atoms with E-state index in [1.54, 1.807) is 0 Å². The topological polar surface area (TPSA) is 271 Å². The van der Waals surface area contributed by atoms with Gasteiger partial charge in [0.15, 0.2) is 0 Å². The predicted octanol–water partition coefficient (Wildman–Crippen LogP) is -0.778. The molecule has 4 N–H and O–H groups in total. The number of methoxy groups -OCH3 is 1. The highest BCUT2D eigenvalue weighted by Gasteiger charge is 2.44. The number of hydrogen-bond donors (Lipinski definition) is 4. The van der Waals surface area contributed by atoms with Gasteiger partial charge in [-0.15, -0.1) is 0 Å². The summed E-state index contributed by atoms with van der Waals surface area (Å²) in [4.78, 5) is 67.3. The molecule has 7 atom stereocenters. The summed E-state index contributed by atoms with van der Waals surface area (Å²) in [5, 5.41) is 16.0. The molecule has 4 heterocycles. The maximum absolute atomic E-state index is 13.9. The molecule has 20 nitrogen and oxygen atoms in total. The Bertz CT molecular complexity index is 1710. The first-order valence-corrected chi connectivity index (χ1v) is 14.8. The van der Waals surface area contributed by atoms with Crippen molar-refractivity contribution in [1.82, 2.24) is 24.2 Å². The molecule has 0 amide bonds. The molecule has 0 saturated carbocycles. The molecule has 2 saturated heterocycles. The number of azide groups is 1. The van der Waals surface area contributed by atoms with Gasteiger partial charge in [0.05, 0.1) is 32.5 Å². The van der Waals surface area contributed by atoms with Crippen LogP contribution in [0.4, 0.5) is 0 Å². The smallest absolute Gasteiger partial charge is 0.406 e.